The van der Waals surface area contributed by atoms with Gasteiger partial charge in [-0.3, -0.25) is 0 Å². The molecule has 94 valence electrons. The number of likely N-dealkylation sites (N-methyl/N-ethyl adjacent to an activating group) is 1. The van der Waals surface area contributed by atoms with E-state index in [0.717, 1.165) is 13.0 Å². The standard InChI is InChI=1S/C15H23NO.Na/c1-3-15(9-4-5-10-16(2)12-15)13-7-6-8-14(17)11-13;/h6-8,11,17H,3-5,9-10,12H2,1-2H3;/q;+1/p-1. The molecule has 0 aliphatic carbocycles. The third-order valence-electron chi connectivity index (χ3n) is 4.14. The Kier molecular flexibility index (Phi) is 6.19. The molecule has 1 atom stereocenters. The monoisotopic (exact) mass is 255 g/mol. The summed E-state index contributed by atoms with van der Waals surface area (Å²) >= 11 is 0. The average Bonchev–Trinajstić information content (AvgIpc) is 2.52. The molecule has 0 amide bonds. The van der Waals surface area contributed by atoms with Gasteiger partial charge in [-0.2, -0.15) is 0 Å². The third kappa shape index (κ3) is 3.51. The van der Waals surface area contributed by atoms with Crippen LogP contribution in [0.3, 0.4) is 0 Å². The van der Waals surface area contributed by atoms with Gasteiger partial charge in [0.2, 0.25) is 0 Å². The third-order valence-corrected chi connectivity index (χ3v) is 4.14. The van der Waals surface area contributed by atoms with Gasteiger partial charge in [0.1, 0.15) is 0 Å². The van der Waals surface area contributed by atoms with Crippen molar-refractivity contribution in [3.05, 3.63) is 29.8 Å². The van der Waals surface area contributed by atoms with Crippen molar-refractivity contribution in [3.8, 4) is 5.75 Å². The Morgan fingerprint density at radius 1 is 1.33 bits per heavy atom. The Morgan fingerprint density at radius 3 is 2.78 bits per heavy atom. The van der Waals surface area contributed by atoms with Crippen molar-refractivity contribution in [1.82, 2.24) is 4.90 Å². The van der Waals surface area contributed by atoms with Crippen LogP contribution >= 0.6 is 0 Å². The van der Waals surface area contributed by atoms with Gasteiger partial charge in [-0.1, -0.05) is 37.6 Å². The van der Waals surface area contributed by atoms with Crippen LogP contribution in [0.4, 0.5) is 0 Å². The number of likely N-dealkylation sites (tertiary alicyclic amines) is 1. The molecule has 1 aliphatic heterocycles. The molecule has 2 rings (SSSR count). The van der Waals surface area contributed by atoms with Gasteiger partial charge in [-0.05, 0) is 38.4 Å². The van der Waals surface area contributed by atoms with E-state index in [1.54, 1.807) is 6.07 Å². The maximum atomic E-state index is 11.5. The van der Waals surface area contributed by atoms with Crippen LogP contribution in [-0.2, 0) is 5.41 Å². The number of hydrogen-bond donors (Lipinski definition) is 0. The van der Waals surface area contributed by atoms with Crippen molar-refractivity contribution < 1.29 is 34.7 Å². The van der Waals surface area contributed by atoms with Crippen molar-refractivity contribution in [1.29, 1.82) is 0 Å². The molecule has 1 aliphatic rings. The summed E-state index contributed by atoms with van der Waals surface area (Å²) < 4.78 is 0. The predicted molar refractivity (Wildman–Crippen MR) is 69.2 cm³/mol. The zero-order valence-corrected chi connectivity index (χ0v) is 13.9. The maximum absolute atomic E-state index is 11.5. The van der Waals surface area contributed by atoms with Gasteiger partial charge >= 0.3 is 29.6 Å². The summed E-state index contributed by atoms with van der Waals surface area (Å²) in [5, 5.41) is 11.5. The Morgan fingerprint density at radius 2 is 2.11 bits per heavy atom. The van der Waals surface area contributed by atoms with Gasteiger partial charge in [0.15, 0.2) is 0 Å². The summed E-state index contributed by atoms with van der Waals surface area (Å²) in [4.78, 5) is 2.41. The van der Waals surface area contributed by atoms with Crippen LogP contribution in [0.2, 0.25) is 0 Å². The number of rotatable bonds is 2. The normalized spacial score (nSPS) is 25.2. The summed E-state index contributed by atoms with van der Waals surface area (Å²) in [5.41, 5.74) is 1.42. The summed E-state index contributed by atoms with van der Waals surface area (Å²) in [6, 6.07) is 7.51. The second kappa shape index (κ2) is 6.95. The Bertz CT molecular complexity index is 383. The van der Waals surface area contributed by atoms with E-state index in [0.29, 0.717) is 0 Å². The number of hydrogen-bond acceptors (Lipinski definition) is 2. The van der Waals surface area contributed by atoms with Crippen LogP contribution in [0.25, 0.3) is 0 Å². The molecule has 0 radical (unpaired) electrons. The first-order valence-corrected chi connectivity index (χ1v) is 6.62. The first kappa shape index (κ1) is 16.0. The van der Waals surface area contributed by atoms with E-state index in [-0.39, 0.29) is 40.7 Å². The van der Waals surface area contributed by atoms with E-state index in [1.165, 1.54) is 31.4 Å². The summed E-state index contributed by atoms with van der Waals surface area (Å²) in [6.07, 6.45) is 4.86. The van der Waals surface area contributed by atoms with E-state index >= 15 is 0 Å². The van der Waals surface area contributed by atoms with Crippen molar-refractivity contribution in [2.75, 3.05) is 20.1 Å². The topological polar surface area (TPSA) is 26.3 Å². The average molecular weight is 255 g/mol. The fourth-order valence-corrected chi connectivity index (χ4v) is 3.07. The quantitative estimate of drug-likeness (QED) is 0.668. The molecule has 1 saturated heterocycles. The molecule has 0 N–H and O–H groups in total. The summed E-state index contributed by atoms with van der Waals surface area (Å²) in [6.45, 7) is 4.50. The van der Waals surface area contributed by atoms with Crippen LogP contribution in [-0.4, -0.2) is 25.0 Å². The Labute approximate surface area is 133 Å². The number of nitrogens with zero attached hydrogens (tertiary/aromatic N) is 1. The largest absolute Gasteiger partial charge is 1.00 e. The maximum Gasteiger partial charge on any atom is 1.00 e. The second-order valence-electron chi connectivity index (χ2n) is 5.36. The minimum atomic E-state index is 0. The summed E-state index contributed by atoms with van der Waals surface area (Å²) in [7, 11) is 2.19. The van der Waals surface area contributed by atoms with Crippen LogP contribution in [0, 0.1) is 0 Å². The molecular weight excluding hydrogens is 233 g/mol. The molecule has 0 aromatic heterocycles. The van der Waals surface area contributed by atoms with Crippen LogP contribution in [0.5, 0.6) is 5.75 Å². The molecule has 1 fully saturated rings. The van der Waals surface area contributed by atoms with Gasteiger partial charge in [0.25, 0.3) is 0 Å². The first-order chi connectivity index (χ1) is 8.16. The van der Waals surface area contributed by atoms with Crippen molar-refractivity contribution in [2.24, 2.45) is 0 Å². The Balaban J connectivity index is 0.00000162. The summed E-state index contributed by atoms with van der Waals surface area (Å²) in [5.74, 6) is 0.141. The van der Waals surface area contributed by atoms with Crippen molar-refractivity contribution in [2.45, 2.75) is 38.0 Å². The van der Waals surface area contributed by atoms with Gasteiger partial charge < -0.3 is 10.0 Å². The predicted octanol–water partition coefficient (Wildman–Crippen LogP) is -0.472. The SMILES string of the molecule is CCC1(c2cccc([O-])c2)CCCCN(C)C1.[Na+]. The van der Waals surface area contributed by atoms with Gasteiger partial charge in [0, 0.05) is 12.0 Å². The van der Waals surface area contributed by atoms with E-state index in [2.05, 4.69) is 24.9 Å². The van der Waals surface area contributed by atoms with E-state index in [4.69, 9.17) is 0 Å². The molecule has 0 bridgehead atoms. The van der Waals surface area contributed by atoms with Gasteiger partial charge in [-0.25, -0.2) is 0 Å². The van der Waals surface area contributed by atoms with E-state index < -0.39 is 0 Å². The van der Waals surface area contributed by atoms with Gasteiger partial charge in [0.05, 0.1) is 0 Å². The zero-order valence-electron chi connectivity index (χ0n) is 11.9. The van der Waals surface area contributed by atoms with E-state index in [9.17, 15) is 5.11 Å². The molecule has 3 heteroatoms. The number of benzene rings is 1. The molecule has 2 nitrogen and oxygen atoms in total. The van der Waals surface area contributed by atoms with Crippen LogP contribution in [0.15, 0.2) is 24.3 Å². The van der Waals surface area contributed by atoms with Crippen LogP contribution < -0.4 is 34.7 Å². The minimum absolute atomic E-state index is 0. The molecule has 1 aromatic rings. The molecule has 0 spiro atoms. The zero-order chi connectivity index (χ0) is 12.3. The smallest absolute Gasteiger partial charge is 0.872 e. The minimum Gasteiger partial charge on any atom is -0.872 e. The van der Waals surface area contributed by atoms with E-state index in [1.807, 2.05) is 12.1 Å². The van der Waals surface area contributed by atoms with Crippen molar-refractivity contribution >= 4 is 0 Å². The van der Waals surface area contributed by atoms with Crippen LogP contribution in [0.1, 0.15) is 38.2 Å². The molecule has 18 heavy (non-hydrogen) atoms. The molecule has 1 heterocycles. The first-order valence-electron chi connectivity index (χ1n) is 6.62. The molecule has 0 saturated carbocycles. The fraction of sp³-hybridized carbons (Fsp3) is 0.600. The molecule has 1 unspecified atom stereocenters. The van der Waals surface area contributed by atoms with Crippen molar-refractivity contribution in [3.63, 3.8) is 0 Å². The molecule has 1 aromatic carbocycles. The van der Waals surface area contributed by atoms with Gasteiger partial charge in [-0.15, -0.1) is 5.75 Å². The molecular formula is C15H22NNaO. The Hall–Kier alpha value is -0.0200. The fourth-order valence-electron chi connectivity index (χ4n) is 3.07. The second-order valence-corrected chi connectivity index (χ2v) is 5.36.